The van der Waals surface area contributed by atoms with Gasteiger partial charge in [-0.25, -0.2) is 4.79 Å². The Labute approximate surface area is 198 Å². The predicted octanol–water partition coefficient (Wildman–Crippen LogP) is 6.73. The predicted molar refractivity (Wildman–Crippen MR) is 133 cm³/mol. The van der Waals surface area contributed by atoms with E-state index in [0.29, 0.717) is 5.56 Å². The number of hydrogen-bond donors (Lipinski definition) is 2. The normalized spacial score (nSPS) is 13.7. The molecular weight excluding hydrogens is 451 g/mol. The SMILES string of the molecule is CCOP(=O)(OCC)C(c1cccc2ccccc12)C(O)c1cc2ccccc2cc1C(=O)O. The number of rotatable bonds is 9. The molecule has 0 spiro atoms. The minimum atomic E-state index is -3.93. The van der Waals surface area contributed by atoms with Gasteiger partial charge in [-0.3, -0.25) is 4.57 Å². The standard InChI is InChI=1S/C27H27O6P/c1-3-32-34(31,33-4-2)26(22-15-9-13-18-10-7-8-14-21(18)22)25(28)23-16-19-11-5-6-12-20(19)17-24(23)27(29)30/h5-17,25-26,28H,3-4H2,1-2H3,(H,29,30). The van der Waals surface area contributed by atoms with Gasteiger partial charge in [-0.15, -0.1) is 0 Å². The lowest BCUT2D eigenvalue weighted by molar-refractivity contribution is 0.0686. The van der Waals surface area contributed by atoms with Gasteiger partial charge in [0.25, 0.3) is 0 Å². The van der Waals surface area contributed by atoms with Crippen LogP contribution < -0.4 is 0 Å². The first-order valence-corrected chi connectivity index (χ1v) is 12.8. The number of aliphatic hydroxyl groups is 1. The molecule has 0 aliphatic rings. The maximum atomic E-state index is 14.2. The van der Waals surface area contributed by atoms with E-state index in [9.17, 15) is 19.6 Å². The van der Waals surface area contributed by atoms with Crippen LogP contribution in [0.2, 0.25) is 0 Å². The number of carboxylic acid groups (broad SMARTS) is 1. The molecule has 0 heterocycles. The molecule has 2 unspecified atom stereocenters. The summed E-state index contributed by atoms with van der Waals surface area (Å²) in [6, 6.07) is 23.6. The lowest BCUT2D eigenvalue weighted by atomic mass is 9.91. The molecule has 0 radical (unpaired) electrons. The van der Waals surface area contributed by atoms with Crippen LogP contribution in [0, 0.1) is 0 Å². The second-order valence-electron chi connectivity index (χ2n) is 7.93. The average molecular weight is 478 g/mol. The molecule has 0 bridgehead atoms. The zero-order chi connectivity index (χ0) is 24.3. The van der Waals surface area contributed by atoms with Crippen molar-refractivity contribution in [3.05, 3.63) is 95.6 Å². The maximum Gasteiger partial charge on any atom is 0.341 e. The van der Waals surface area contributed by atoms with Crippen LogP contribution in [0.5, 0.6) is 0 Å². The fourth-order valence-corrected chi connectivity index (χ4v) is 6.63. The summed E-state index contributed by atoms with van der Waals surface area (Å²) in [5.74, 6) is -1.18. The fraction of sp³-hybridized carbons (Fsp3) is 0.222. The van der Waals surface area contributed by atoms with E-state index in [-0.39, 0.29) is 24.3 Å². The molecule has 2 atom stereocenters. The molecule has 0 aliphatic carbocycles. The number of carboxylic acids is 1. The zero-order valence-corrected chi connectivity index (χ0v) is 19.9. The van der Waals surface area contributed by atoms with Crippen LogP contribution in [0.3, 0.4) is 0 Å². The van der Waals surface area contributed by atoms with Gasteiger partial charge in [0, 0.05) is 0 Å². The van der Waals surface area contributed by atoms with Crippen LogP contribution in [0.25, 0.3) is 21.5 Å². The molecule has 4 rings (SSSR count). The molecule has 0 saturated heterocycles. The van der Waals surface area contributed by atoms with Crippen molar-refractivity contribution < 1.29 is 28.6 Å². The van der Waals surface area contributed by atoms with Gasteiger partial charge in [-0.05, 0) is 58.7 Å². The van der Waals surface area contributed by atoms with Gasteiger partial charge in [-0.1, -0.05) is 66.7 Å². The van der Waals surface area contributed by atoms with E-state index < -0.39 is 25.3 Å². The summed E-state index contributed by atoms with van der Waals surface area (Å²) < 4.78 is 25.5. The van der Waals surface area contributed by atoms with E-state index in [1.807, 2.05) is 60.7 Å². The van der Waals surface area contributed by atoms with E-state index in [0.717, 1.165) is 21.5 Å². The number of hydrogen-bond acceptors (Lipinski definition) is 5. The molecule has 0 aromatic heterocycles. The topological polar surface area (TPSA) is 93.1 Å². The Morgan fingerprint density at radius 1 is 0.824 bits per heavy atom. The van der Waals surface area contributed by atoms with Gasteiger partial charge >= 0.3 is 13.6 Å². The first kappa shape index (κ1) is 24.1. The number of aromatic carboxylic acids is 1. The summed E-state index contributed by atoms with van der Waals surface area (Å²) in [5, 5.41) is 24.9. The van der Waals surface area contributed by atoms with Crippen LogP contribution in [0.1, 0.15) is 47.1 Å². The number of carbonyl (C=O) groups is 1. The van der Waals surface area contributed by atoms with Crippen molar-refractivity contribution in [2.45, 2.75) is 25.6 Å². The summed E-state index contributed by atoms with van der Waals surface area (Å²) in [6.07, 6.45) is -1.47. The number of benzene rings is 4. The first-order valence-electron chi connectivity index (χ1n) is 11.2. The maximum absolute atomic E-state index is 14.2. The van der Waals surface area contributed by atoms with Crippen molar-refractivity contribution in [2.75, 3.05) is 13.2 Å². The minimum absolute atomic E-state index is 0.0593. The highest BCUT2D eigenvalue weighted by atomic mass is 31.2. The van der Waals surface area contributed by atoms with E-state index in [2.05, 4.69) is 0 Å². The van der Waals surface area contributed by atoms with Crippen molar-refractivity contribution >= 4 is 35.1 Å². The van der Waals surface area contributed by atoms with Crippen LogP contribution in [0.15, 0.2) is 78.9 Å². The van der Waals surface area contributed by atoms with Crippen molar-refractivity contribution in [2.24, 2.45) is 0 Å². The van der Waals surface area contributed by atoms with Gasteiger partial charge in [0.2, 0.25) is 0 Å². The largest absolute Gasteiger partial charge is 0.478 e. The Morgan fingerprint density at radius 3 is 2.00 bits per heavy atom. The molecular formula is C27H27O6P. The van der Waals surface area contributed by atoms with Gasteiger partial charge in [-0.2, -0.15) is 0 Å². The molecule has 7 heteroatoms. The van der Waals surface area contributed by atoms with Crippen molar-refractivity contribution in [1.29, 1.82) is 0 Å². The van der Waals surface area contributed by atoms with Crippen LogP contribution in [-0.4, -0.2) is 29.4 Å². The third kappa shape index (κ3) is 4.50. The van der Waals surface area contributed by atoms with Gasteiger partial charge in [0.1, 0.15) is 5.66 Å². The van der Waals surface area contributed by atoms with Crippen molar-refractivity contribution in [1.82, 2.24) is 0 Å². The van der Waals surface area contributed by atoms with Gasteiger partial charge < -0.3 is 19.3 Å². The second-order valence-corrected chi connectivity index (χ2v) is 10.1. The van der Waals surface area contributed by atoms with Crippen LogP contribution >= 0.6 is 7.60 Å². The molecule has 0 fully saturated rings. The van der Waals surface area contributed by atoms with Crippen molar-refractivity contribution in [3.63, 3.8) is 0 Å². The third-order valence-corrected chi connectivity index (χ3v) is 8.34. The Bertz CT molecular complexity index is 1370. The summed E-state index contributed by atoms with van der Waals surface area (Å²) in [7, 11) is -3.93. The minimum Gasteiger partial charge on any atom is -0.478 e. The van der Waals surface area contributed by atoms with Crippen LogP contribution in [0.4, 0.5) is 0 Å². The number of aliphatic hydroxyl groups excluding tert-OH is 1. The molecule has 4 aromatic carbocycles. The Balaban J connectivity index is 2.00. The second kappa shape index (κ2) is 10.1. The molecule has 0 saturated carbocycles. The highest BCUT2D eigenvalue weighted by molar-refractivity contribution is 7.54. The third-order valence-electron chi connectivity index (χ3n) is 5.87. The summed E-state index contributed by atoms with van der Waals surface area (Å²) in [4.78, 5) is 12.2. The average Bonchev–Trinajstić information content (AvgIpc) is 2.83. The summed E-state index contributed by atoms with van der Waals surface area (Å²) in [6.45, 7) is 3.62. The highest BCUT2D eigenvalue weighted by Gasteiger charge is 2.44. The number of fused-ring (bicyclic) bond motifs is 2. The molecule has 0 amide bonds. The Hall–Kier alpha value is -3.02. The molecule has 2 N–H and O–H groups in total. The van der Waals surface area contributed by atoms with E-state index in [1.54, 1.807) is 26.0 Å². The fourth-order valence-electron chi connectivity index (χ4n) is 4.44. The van der Waals surface area contributed by atoms with Crippen LogP contribution in [-0.2, 0) is 13.6 Å². The van der Waals surface area contributed by atoms with Gasteiger partial charge in [0.05, 0.1) is 24.9 Å². The monoisotopic (exact) mass is 478 g/mol. The lowest BCUT2D eigenvalue weighted by Crippen LogP contribution is -2.18. The molecule has 4 aromatic rings. The summed E-state index contributed by atoms with van der Waals surface area (Å²) in [5.41, 5.74) is -0.474. The first-order chi connectivity index (χ1) is 16.4. The Kier molecular flexibility index (Phi) is 7.15. The highest BCUT2D eigenvalue weighted by Crippen LogP contribution is 2.66. The summed E-state index contributed by atoms with van der Waals surface area (Å²) >= 11 is 0. The van der Waals surface area contributed by atoms with Gasteiger partial charge in [0.15, 0.2) is 0 Å². The lowest BCUT2D eigenvalue weighted by Gasteiger charge is -2.32. The Morgan fingerprint density at radius 2 is 1.38 bits per heavy atom. The smallest absolute Gasteiger partial charge is 0.341 e. The molecule has 176 valence electrons. The molecule has 34 heavy (non-hydrogen) atoms. The van der Waals surface area contributed by atoms with Crippen molar-refractivity contribution in [3.8, 4) is 0 Å². The molecule has 6 nitrogen and oxygen atoms in total. The zero-order valence-electron chi connectivity index (χ0n) is 19.0. The van der Waals surface area contributed by atoms with E-state index >= 15 is 0 Å². The van der Waals surface area contributed by atoms with E-state index in [1.165, 1.54) is 6.07 Å². The molecule has 0 aliphatic heterocycles. The quantitative estimate of drug-likeness (QED) is 0.259. The van der Waals surface area contributed by atoms with E-state index in [4.69, 9.17) is 9.05 Å².